The van der Waals surface area contributed by atoms with E-state index in [-0.39, 0.29) is 18.2 Å². The molecule has 120 valence electrons. The summed E-state index contributed by atoms with van der Waals surface area (Å²) < 4.78 is 1.47. The smallest absolute Gasteiger partial charge is 0.252 e. The van der Waals surface area contributed by atoms with Gasteiger partial charge in [-0.15, -0.1) is 0 Å². The third-order valence-electron chi connectivity index (χ3n) is 3.60. The zero-order valence-electron chi connectivity index (χ0n) is 12.8. The largest absolute Gasteiger partial charge is 0.325 e. The van der Waals surface area contributed by atoms with E-state index in [2.05, 4.69) is 20.7 Å². The van der Waals surface area contributed by atoms with Gasteiger partial charge in [-0.25, -0.2) is 4.68 Å². The monoisotopic (exact) mass is 333 g/mol. The number of carbonyl (C=O) groups excluding carboxylic acids is 2. The number of amides is 2. The van der Waals surface area contributed by atoms with E-state index >= 15 is 0 Å². The first kappa shape index (κ1) is 15.5. The molecule has 1 aromatic carbocycles. The van der Waals surface area contributed by atoms with Crippen LogP contribution in [0.4, 0.5) is 11.6 Å². The van der Waals surface area contributed by atoms with Crippen molar-refractivity contribution >= 4 is 35.1 Å². The van der Waals surface area contributed by atoms with Crippen LogP contribution >= 0.6 is 11.6 Å². The van der Waals surface area contributed by atoms with E-state index in [4.69, 9.17) is 11.6 Å². The van der Waals surface area contributed by atoms with Gasteiger partial charge in [0.25, 0.3) is 5.91 Å². The quantitative estimate of drug-likeness (QED) is 0.898. The lowest BCUT2D eigenvalue weighted by atomic mass is 10.2. The van der Waals surface area contributed by atoms with Crippen molar-refractivity contribution in [3.05, 3.63) is 34.6 Å². The average Bonchev–Trinajstić information content (AvgIpc) is 3.01. The minimum absolute atomic E-state index is 0.0322. The van der Waals surface area contributed by atoms with E-state index in [1.807, 2.05) is 19.9 Å². The third kappa shape index (κ3) is 3.05. The molecule has 1 aliphatic heterocycles. The Balaban J connectivity index is 1.73. The maximum Gasteiger partial charge on any atom is 0.252 e. The van der Waals surface area contributed by atoms with Crippen LogP contribution in [0.25, 0.3) is 0 Å². The molecule has 0 saturated carbocycles. The van der Waals surface area contributed by atoms with Gasteiger partial charge < -0.3 is 5.32 Å². The highest BCUT2D eigenvalue weighted by atomic mass is 35.5. The van der Waals surface area contributed by atoms with Gasteiger partial charge >= 0.3 is 0 Å². The second-order valence-electron chi connectivity index (χ2n) is 5.39. The van der Waals surface area contributed by atoms with Gasteiger partial charge in [-0.1, -0.05) is 24.6 Å². The number of carbonyl (C=O) groups is 2. The molecule has 7 nitrogen and oxygen atoms in total. The molecule has 0 radical (unpaired) electrons. The van der Waals surface area contributed by atoms with Crippen molar-refractivity contribution in [2.24, 2.45) is 0 Å². The lowest BCUT2D eigenvalue weighted by Gasteiger charge is -2.11. The minimum Gasteiger partial charge on any atom is -0.325 e. The summed E-state index contributed by atoms with van der Waals surface area (Å²) in [6, 6.07) is 4.66. The second-order valence-corrected chi connectivity index (χ2v) is 5.80. The van der Waals surface area contributed by atoms with Gasteiger partial charge in [-0.05, 0) is 24.6 Å². The number of nitrogens with one attached hydrogen (secondary N) is 2. The maximum atomic E-state index is 12.2. The highest BCUT2D eigenvalue weighted by Gasteiger charge is 2.34. The van der Waals surface area contributed by atoms with Crippen LogP contribution in [0, 0.1) is 6.92 Å². The number of hydrogen-bond donors (Lipinski definition) is 2. The van der Waals surface area contributed by atoms with Gasteiger partial charge in [0.1, 0.15) is 6.04 Å². The Hall–Kier alpha value is -2.41. The Bertz CT molecular complexity index is 786. The molecule has 1 atom stereocenters. The van der Waals surface area contributed by atoms with Crippen LogP contribution in [-0.4, -0.2) is 26.6 Å². The Labute approximate surface area is 138 Å². The summed E-state index contributed by atoms with van der Waals surface area (Å²) in [6.07, 6.45) is 0.628. The molecule has 0 bridgehead atoms. The van der Waals surface area contributed by atoms with Crippen molar-refractivity contribution in [1.82, 2.24) is 14.8 Å². The average molecular weight is 334 g/mol. The molecule has 1 aromatic heterocycles. The fraction of sp³-hybridized carbons (Fsp3) is 0.333. The van der Waals surface area contributed by atoms with Crippen LogP contribution in [-0.2, 0) is 16.0 Å². The van der Waals surface area contributed by atoms with Crippen molar-refractivity contribution in [2.45, 2.75) is 32.7 Å². The second kappa shape index (κ2) is 6.00. The normalized spacial score (nSPS) is 16.1. The summed E-state index contributed by atoms with van der Waals surface area (Å²) in [5.41, 5.74) is 1.52. The van der Waals surface area contributed by atoms with Crippen LogP contribution in [0.2, 0.25) is 5.02 Å². The molecule has 1 unspecified atom stereocenters. The van der Waals surface area contributed by atoms with E-state index in [1.54, 1.807) is 12.1 Å². The summed E-state index contributed by atoms with van der Waals surface area (Å²) in [4.78, 5) is 28.4. The fourth-order valence-corrected chi connectivity index (χ4v) is 2.68. The molecule has 2 aromatic rings. The Morgan fingerprint density at radius 2 is 2.26 bits per heavy atom. The predicted octanol–water partition coefficient (Wildman–Crippen LogP) is 2.32. The molecule has 2 amide bonds. The van der Waals surface area contributed by atoms with E-state index in [0.717, 1.165) is 5.56 Å². The molecule has 1 aliphatic rings. The first-order valence-corrected chi connectivity index (χ1v) is 7.68. The molecule has 3 rings (SSSR count). The first-order chi connectivity index (χ1) is 11.0. The van der Waals surface area contributed by atoms with Crippen LogP contribution in [0.1, 0.15) is 30.8 Å². The first-order valence-electron chi connectivity index (χ1n) is 7.30. The van der Waals surface area contributed by atoms with Gasteiger partial charge in [0.2, 0.25) is 11.9 Å². The topological polar surface area (TPSA) is 88.9 Å². The Morgan fingerprint density at radius 1 is 1.48 bits per heavy atom. The molecule has 2 N–H and O–H groups in total. The number of hydrogen-bond acceptors (Lipinski definition) is 4. The number of benzene rings is 1. The third-order valence-corrected chi connectivity index (χ3v) is 3.91. The number of rotatable bonds is 4. The van der Waals surface area contributed by atoms with Crippen molar-refractivity contribution < 1.29 is 9.59 Å². The molecular weight excluding hydrogens is 318 g/mol. The molecule has 0 fully saturated rings. The molecule has 0 spiro atoms. The highest BCUT2D eigenvalue weighted by molar-refractivity contribution is 6.33. The van der Waals surface area contributed by atoms with Crippen LogP contribution in [0.15, 0.2) is 18.2 Å². The predicted molar refractivity (Wildman–Crippen MR) is 86.5 cm³/mol. The van der Waals surface area contributed by atoms with Crippen molar-refractivity contribution in [1.29, 1.82) is 0 Å². The summed E-state index contributed by atoms with van der Waals surface area (Å²) in [6.45, 7) is 3.84. The van der Waals surface area contributed by atoms with Crippen LogP contribution < -0.4 is 10.6 Å². The van der Waals surface area contributed by atoms with Crippen molar-refractivity contribution in [2.75, 3.05) is 10.6 Å². The number of halogens is 1. The molecule has 8 heteroatoms. The molecule has 2 heterocycles. The SMILES string of the molecule is CCc1nc2n(n1)C(CC(=O)Nc1ccc(C)cc1Cl)C(=O)N2. The standard InChI is InChI=1S/C15H16ClN5O2/c1-3-12-18-15-19-14(23)11(21(15)20-12)7-13(22)17-10-5-4-8(2)6-9(10)16/h4-6,11H,3,7H2,1-2H3,(H,17,22)(H,18,19,20,23). The van der Waals surface area contributed by atoms with Crippen LogP contribution in [0.3, 0.4) is 0 Å². The molecule has 23 heavy (non-hydrogen) atoms. The fourth-order valence-electron chi connectivity index (χ4n) is 2.40. The van der Waals surface area contributed by atoms with E-state index in [1.165, 1.54) is 4.68 Å². The molecular formula is C15H16ClN5O2. The molecule has 0 aliphatic carbocycles. The maximum absolute atomic E-state index is 12.2. The lowest BCUT2D eigenvalue weighted by molar-refractivity contribution is -0.123. The highest BCUT2D eigenvalue weighted by Crippen LogP contribution is 2.27. The summed E-state index contributed by atoms with van der Waals surface area (Å²) in [7, 11) is 0. The Kier molecular flexibility index (Phi) is 4.04. The van der Waals surface area contributed by atoms with Gasteiger partial charge in [0.05, 0.1) is 17.1 Å². The van der Waals surface area contributed by atoms with Crippen molar-refractivity contribution in [3.63, 3.8) is 0 Å². The van der Waals surface area contributed by atoms with E-state index in [0.29, 0.717) is 28.9 Å². The van der Waals surface area contributed by atoms with Gasteiger partial charge in [-0.3, -0.25) is 14.9 Å². The van der Waals surface area contributed by atoms with Gasteiger partial charge in [0, 0.05) is 6.42 Å². The summed E-state index contributed by atoms with van der Waals surface area (Å²) >= 11 is 6.10. The lowest BCUT2D eigenvalue weighted by Crippen LogP contribution is -2.24. The Morgan fingerprint density at radius 3 is 2.96 bits per heavy atom. The summed E-state index contributed by atoms with van der Waals surface area (Å²) in [5, 5.41) is 10.1. The number of nitrogens with zero attached hydrogens (tertiary/aromatic N) is 3. The van der Waals surface area contributed by atoms with E-state index in [9.17, 15) is 9.59 Å². The summed E-state index contributed by atoms with van der Waals surface area (Å²) in [5.74, 6) is 0.426. The van der Waals surface area contributed by atoms with Gasteiger partial charge in [-0.2, -0.15) is 10.1 Å². The zero-order valence-corrected chi connectivity index (χ0v) is 13.5. The van der Waals surface area contributed by atoms with Gasteiger partial charge in [0.15, 0.2) is 5.82 Å². The minimum atomic E-state index is -0.693. The molecule has 0 saturated heterocycles. The van der Waals surface area contributed by atoms with Crippen molar-refractivity contribution in [3.8, 4) is 0 Å². The number of aromatic nitrogens is 3. The number of aryl methyl sites for hydroxylation is 2. The zero-order chi connectivity index (χ0) is 16.6. The van der Waals surface area contributed by atoms with Crippen LogP contribution in [0.5, 0.6) is 0 Å². The number of anilines is 2. The van der Waals surface area contributed by atoms with E-state index < -0.39 is 6.04 Å². The number of fused-ring (bicyclic) bond motifs is 1.